The Balaban J connectivity index is 4.36. The third-order valence-corrected chi connectivity index (χ3v) is 15.6. The van der Waals surface area contributed by atoms with E-state index < -0.39 is 16.1 Å². The first-order valence-electron chi connectivity index (χ1n) is 6.91. The van der Waals surface area contributed by atoms with Gasteiger partial charge in [0.05, 0.1) is 16.1 Å². The van der Waals surface area contributed by atoms with Crippen LogP contribution in [0.15, 0.2) is 0 Å². The van der Waals surface area contributed by atoms with Gasteiger partial charge >= 0.3 is 0 Å². The van der Waals surface area contributed by atoms with E-state index in [-0.39, 0.29) is 0 Å². The van der Waals surface area contributed by atoms with Crippen molar-refractivity contribution in [3.8, 4) is 0 Å². The summed E-state index contributed by atoms with van der Waals surface area (Å²) in [5.74, 6) is 0. The minimum absolute atomic E-state index is 0.493. The average Bonchev–Trinajstić information content (AvgIpc) is 1.98. The highest BCUT2D eigenvalue weighted by Crippen LogP contribution is 2.37. The molecule has 0 fully saturated rings. The monoisotopic (exact) mass is 273 g/mol. The Bertz CT molecular complexity index is 218. The highest BCUT2D eigenvalue weighted by atomic mass is 28.3. The molecule has 1 nitrogen and oxygen atoms in total. The summed E-state index contributed by atoms with van der Waals surface area (Å²) in [6, 6.07) is 0. The van der Waals surface area contributed by atoms with Gasteiger partial charge in [0.25, 0.3) is 0 Å². The molecule has 104 valence electrons. The van der Waals surface area contributed by atoms with E-state index in [9.17, 15) is 0 Å². The summed E-state index contributed by atoms with van der Waals surface area (Å²) in [5.41, 5.74) is 0. The molecule has 0 heterocycles. The molecule has 0 spiro atoms. The van der Waals surface area contributed by atoms with E-state index in [0.29, 0.717) is 10.1 Å². The van der Waals surface area contributed by atoms with Gasteiger partial charge in [-0.3, -0.25) is 0 Å². The lowest BCUT2D eigenvalue weighted by atomic mass is 10.2. The number of nitrogens with one attached hydrogen (secondary N) is 1. The molecule has 1 N–H and O–H groups in total. The van der Waals surface area contributed by atoms with Crippen LogP contribution in [0.5, 0.6) is 0 Å². The van der Waals surface area contributed by atoms with Crippen molar-refractivity contribution in [1.29, 1.82) is 0 Å². The second-order valence-corrected chi connectivity index (χ2v) is 20.1. The van der Waals surface area contributed by atoms with Crippen molar-refractivity contribution >= 4 is 16.1 Å². The lowest BCUT2D eigenvalue weighted by Crippen LogP contribution is -2.53. The second-order valence-electron chi connectivity index (χ2n) is 8.87. The van der Waals surface area contributed by atoms with Gasteiger partial charge in [0.15, 0.2) is 0 Å². The summed E-state index contributed by atoms with van der Waals surface area (Å²) < 4.78 is 0. The van der Waals surface area contributed by atoms with Gasteiger partial charge in [0, 0.05) is 0 Å². The normalized spacial score (nSPS) is 15.2. The predicted molar refractivity (Wildman–Crippen MR) is 87.3 cm³/mol. The van der Waals surface area contributed by atoms with E-state index in [1.165, 1.54) is 12.3 Å². The van der Waals surface area contributed by atoms with Crippen LogP contribution in [0.1, 0.15) is 41.5 Å². The molecule has 0 radical (unpaired) electrons. The Morgan fingerprint density at radius 3 is 1.06 bits per heavy atom. The molecular weight excluding hydrogens is 238 g/mol. The molecule has 0 bridgehead atoms. The molecule has 0 aromatic heterocycles. The predicted octanol–water partition coefficient (Wildman–Crippen LogP) is 4.67. The van der Waals surface area contributed by atoms with E-state index in [4.69, 9.17) is 0 Å². The van der Waals surface area contributed by atoms with E-state index >= 15 is 0 Å². The smallest absolute Gasteiger partial charge is 0.0679 e. The van der Waals surface area contributed by atoms with Gasteiger partial charge in [0.2, 0.25) is 0 Å². The summed E-state index contributed by atoms with van der Waals surface area (Å²) >= 11 is 0. The maximum atomic E-state index is 3.80. The summed E-state index contributed by atoms with van der Waals surface area (Å²) in [6.45, 7) is 24.4. The van der Waals surface area contributed by atoms with Gasteiger partial charge in [-0.1, -0.05) is 67.7 Å². The van der Waals surface area contributed by atoms with Crippen LogP contribution in [0.4, 0.5) is 0 Å². The first-order chi connectivity index (χ1) is 7.21. The zero-order valence-electron chi connectivity index (χ0n) is 13.9. The van der Waals surface area contributed by atoms with Crippen LogP contribution in [0, 0.1) is 0 Å². The molecule has 0 rings (SSSR count). The Morgan fingerprint density at radius 2 is 0.882 bits per heavy atom. The van der Waals surface area contributed by atoms with Crippen molar-refractivity contribution in [2.75, 3.05) is 12.3 Å². The summed E-state index contributed by atoms with van der Waals surface area (Å²) in [7, 11) is -2.31. The van der Waals surface area contributed by atoms with Crippen molar-refractivity contribution in [3.63, 3.8) is 0 Å². The fourth-order valence-electron chi connectivity index (χ4n) is 1.22. The molecule has 3 heteroatoms. The molecular formula is C14H35NSi2. The van der Waals surface area contributed by atoms with Gasteiger partial charge in [-0.25, -0.2) is 0 Å². The van der Waals surface area contributed by atoms with E-state index in [1.54, 1.807) is 0 Å². The van der Waals surface area contributed by atoms with Crippen molar-refractivity contribution < 1.29 is 0 Å². The molecule has 0 aromatic rings. The fourth-order valence-corrected chi connectivity index (χ4v) is 4.03. The first kappa shape index (κ1) is 17.4. The molecule has 0 saturated carbocycles. The zero-order valence-corrected chi connectivity index (χ0v) is 15.9. The highest BCUT2D eigenvalue weighted by molar-refractivity contribution is 6.81. The Labute approximate surface area is 112 Å². The molecule has 0 atom stereocenters. The molecule has 0 unspecified atom stereocenters. The minimum Gasteiger partial charge on any atom is -0.322 e. The van der Waals surface area contributed by atoms with Crippen LogP contribution in [0.25, 0.3) is 0 Å². The first-order valence-corrected chi connectivity index (χ1v) is 13.3. The van der Waals surface area contributed by atoms with Crippen molar-refractivity contribution in [2.24, 2.45) is 0 Å². The zero-order chi connectivity index (χ0) is 14.1. The lowest BCUT2D eigenvalue weighted by molar-refractivity contribution is 0.681. The number of hydrogen-bond donors (Lipinski definition) is 1. The van der Waals surface area contributed by atoms with Crippen LogP contribution in [-0.4, -0.2) is 28.5 Å². The highest BCUT2D eigenvalue weighted by Gasteiger charge is 2.37. The van der Waals surface area contributed by atoms with Gasteiger partial charge in [-0.05, 0) is 22.4 Å². The van der Waals surface area contributed by atoms with Crippen LogP contribution >= 0.6 is 0 Å². The van der Waals surface area contributed by atoms with Gasteiger partial charge in [-0.15, -0.1) is 0 Å². The van der Waals surface area contributed by atoms with Gasteiger partial charge < -0.3 is 5.32 Å². The van der Waals surface area contributed by atoms with Gasteiger partial charge in [-0.2, -0.15) is 0 Å². The molecule has 0 saturated heterocycles. The Hall–Kier alpha value is 0.394. The van der Waals surface area contributed by atoms with Crippen LogP contribution < -0.4 is 5.32 Å². The maximum absolute atomic E-state index is 3.80. The number of hydrogen-bond acceptors (Lipinski definition) is 1. The SMILES string of the molecule is CC(C)(C)[Si](C)(C)CNC[Si](C)(C)C(C)(C)C. The third-order valence-electron chi connectivity index (χ3n) is 5.19. The van der Waals surface area contributed by atoms with Gasteiger partial charge in [0.1, 0.15) is 0 Å². The van der Waals surface area contributed by atoms with Crippen LogP contribution in [0.3, 0.4) is 0 Å². The van der Waals surface area contributed by atoms with Crippen LogP contribution in [0.2, 0.25) is 36.3 Å². The Morgan fingerprint density at radius 1 is 0.647 bits per heavy atom. The topological polar surface area (TPSA) is 12.0 Å². The molecule has 0 amide bonds. The van der Waals surface area contributed by atoms with Crippen molar-refractivity contribution in [2.45, 2.75) is 77.8 Å². The third kappa shape index (κ3) is 4.88. The summed E-state index contributed by atoms with van der Waals surface area (Å²) in [6.07, 6.45) is 2.51. The van der Waals surface area contributed by atoms with E-state index in [2.05, 4.69) is 73.0 Å². The molecule has 0 aliphatic rings. The minimum atomic E-state index is -1.15. The molecule has 0 aliphatic heterocycles. The number of rotatable bonds is 4. The fraction of sp³-hybridized carbons (Fsp3) is 1.00. The van der Waals surface area contributed by atoms with Crippen molar-refractivity contribution in [3.05, 3.63) is 0 Å². The molecule has 0 aliphatic carbocycles. The largest absolute Gasteiger partial charge is 0.322 e. The van der Waals surface area contributed by atoms with Crippen LogP contribution in [-0.2, 0) is 0 Å². The lowest BCUT2D eigenvalue weighted by Gasteiger charge is -2.40. The van der Waals surface area contributed by atoms with E-state index in [0.717, 1.165) is 0 Å². The molecule has 17 heavy (non-hydrogen) atoms. The Kier molecular flexibility index (Phi) is 5.30. The second kappa shape index (κ2) is 5.18. The van der Waals surface area contributed by atoms with E-state index in [1.807, 2.05) is 0 Å². The average molecular weight is 274 g/mol. The molecule has 0 aromatic carbocycles. The quantitative estimate of drug-likeness (QED) is 0.734. The van der Waals surface area contributed by atoms with Crippen molar-refractivity contribution in [1.82, 2.24) is 5.32 Å². The summed E-state index contributed by atoms with van der Waals surface area (Å²) in [4.78, 5) is 0. The maximum Gasteiger partial charge on any atom is 0.0679 e. The summed E-state index contributed by atoms with van der Waals surface area (Å²) in [5, 5.41) is 4.79. The standard InChI is InChI=1S/C14H35NSi2/c1-13(2,3)16(7,8)11-15-12-17(9,10)14(4,5)6/h15H,11-12H2,1-10H3.